The van der Waals surface area contributed by atoms with E-state index in [2.05, 4.69) is 41.5 Å². The Morgan fingerprint density at radius 1 is 1.19 bits per heavy atom. The van der Waals surface area contributed by atoms with E-state index in [1.165, 1.54) is 0 Å². The Bertz CT molecular complexity index is 366. The molecule has 1 fully saturated rings. The minimum absolute atomic E-state index is 0.0181. The van der Waals surface area contributed by atoms with Gasteiger partial charge in [0.2, 0.25) is 0 Å². The third-order valence-electron chi connectivity index (χ3n) is 4.12. The molecule has 1 heterocycles. The third-order valence-corrected chi connectivity index (χ3v) is 4.12. The summed E-state index contributed by atoms with van der Waals surface area (Å²) in [6, 6.07) is 0. The first-order chi connectivity index (χ1) is 9.35. The Morgan fingerprint density at radius 3 is 2.14 bits per heavy atom. The molecular formula is C16H30O5. The van der Waals surface area contributed by atoms with Gasteiger partial charge in [-0.3, -0.25) is 4.79 Å². The van der Waals surface area contributed by atoms with Crippen molar-refractivity contribution >= 4 is 5.97 Å². The molecule has 0 radical (unpaired) electrons. The summed E-state index contributed by atoms with van der Waals surface area (Å²) in [4.78, 5) is 12.6. The lowest BCUT2D eigenvalue weighted by molar-refractivity contribution is -0.209. The number of ether oxygens (including phenoxy) is 3. The number of hydrogen-bond acceptors (Lipinski definition) is 5. The Labute approximate surface area is 128 Å². The Morgan fingerprint density at radius 2 is 1.76 bits per heavy atom. The van der Waals surface area contributed by atoms with Gasteiger partial charge >= 0.3 is 5.97 Å². The Kier molecular flexibility index (Phi) is 5.45. The fraction of sp³-hybridized carbons (Fsp3) is 0.938. The van der Waals surface area contributed by atoms with Gasteiger partial charge in [-0.25, -0.2) is 0 Å². The van der Waals surface area contributed by atoms with E-state index in [4.69, 9.17) is 19.3 Å². The molecule has 21 heavy (non-hydrogen) atoms. The molecule has 1 rings (SSSR count). The molecule has 1 aliphatic heterocycles. The lowest BCUT2D eigenvalue weighted by atomic mass is 9.61. The van der Waals surface area contributed by atoms with Crippen molar-refractivity contribution in [2.75, 3.05) is 13.2 Å². The van der Waals surface area contributed by atoms with Crippen molar-refractivity contribution in [2.45, 2.75) is 67.5 Å². The van der Waals surface area contributed by atoms with E-state index >= 15 is 0 Å². The van der Waals surface area contributed by atoms with Gasteiger partial charge in [0, 0.05) is 0 Å². The van der Waals surface area contributed by atoms with E-state index in [0.29, 0.717) is 0 Å². The maximum atomic E-state index is 12.6. The normalized spacial score (nSPS) is 26.5. The van der Waals surface area contributed by atoms with E-state index < -0.39 is 18.0 Å². The molecule has 1 N–H and O–H groups in total. The molecule has 0 bridgehead atoms. The van der Waals surface area contributed by atoms with Crippen molar-refractivity contribution in [3.63, 3.8) is 0 Å². The predicted octanol–water partition coefficient (Wildman–Crippen LogP) is 2.71. The van der Waals surface area contributed by atoms with Crippen LogP contribution in [0.1, 0.15) is 54.9 Å². The predicted molar refractivity (Wildman–Crippen MR) is 79.4 cm³/mol. The molecule has 0 aromatic carbocycles. The van der Waals surface area contributed by atoms with Gasteiger partial charge < -0.3 is 19.3 Å². The quantitative estimate of drug-likeness (QED) is 0.809. The van der Waals surface area contributed by atoms with Crippen LogP contribution in [0, 0.1) is 16.2 Å². The van der Waals surface area contributed by atoms with Gasteiger partial charge in [-0.2, -0.15) is 0 Å². The molecule has 0 aromatic heterocycles. The van der Waals surface area contributed by atoms with Gasteiger partial charge in [0.25, 0.3) is 6.48 Å². The monoisotopic (exact) mass is 302 g/mol. The van der Waals surface area contributed by atoms with Gasteiger partial charge in [-0.15, -0.1) is 0 Å². The summed E-state index contributed by atoms with van der Waals surface area (Å²) in [5.41, 5.74) is -0.794. The molecule has 5 nitrogen and oxygen atoms in total. The molecule has 0 spiro atoms. The Balaban J connectivity index is 2.72. The first-order valence-electron chi connectivity index (χ1n) is 7.47. The molecule has 0 saturated carbocycles. The first kappa shape index (κ1) is 18.4. The number of carbonyl (C=O) groups excluding carboxylic acids is 1. The van der Waals surface area contributed by atoms with Crippen LogP contribution < -0.4 is 0 Å². The van der Waals surface area contributed by atoms with Crippen LogP contribution >= 0.6 is 0 Å². The second kappa shape index (κ2) is 6.23. The highest BCUT2D eigenvalue weighted by Gasteiger charge is 2.48. The fourth-order valence-corrected chi connectivity index (χ4v) is 2.55. The van der Waals surface area contributed by atoms with Crippen LogP contribution in [-0.4, -0.2) is 36.9 Å². The van der Waals surface area contributed by atoms with Crippen LogP contribution in [-0.2, 0) is 19.0 Å². The molecule has 1 saturated heterocycles. The first-order valence-corrected chi connectivity index (χ1v) is 7.47. The second-order valence-corrected chi connectivity index (χ2v) is 8.32. The van der Waals surface area contributed by atoms with Crippen molar-refractivity contribution in [3.8, 4) is 0 Å². The number of aliphatic hydroxyl groups excluding tert-OH is 1. The highest BCUT2D eigenvalue weighted by atomic mass is 16.8. The largest absolute Gasteiger partial charge is 0.462 e. The molecular weight excluding hydrogens is 272 g/mol. The van der Waals surface area contributed by atoms with Crippen molar-refractivity contribution in [1.82, 2.24) is 0 Å². The summed E-state index contributed by atoms with van der Waals surface area (Å²) in [6.45, 7) is 13.6. The Hall–Kier alpha value is -0.650. The lowest BCUT2D eigenvalue weighted by Gasteiger charge is -2.43. The lowest BCUT2D eigenvalue weighted by Crippen LogP contribution is -2.45. The highest BCUT2D eigenvalue weighted by Crippen LogP contribution is 2.47. The van der Waals surface area contributed by atoms with E-state index in [1.54, 1.807) is 0 Å². The van der Waals surface area contributed by atoms with Crippen molar-refractivity contribution in [1.29, 1.82) is 0 Å². The van der Waals surface area contributed by atoms with Gasteiger partial charge in [0.1, 0.15) is 12.7 Å². The van der Waals surface area contributed by atoms with Crippen LogP contribution in [0.15, 0.2) is 0 Å². The molecule has 1 aliphatic rings. The van der Waals surface area contributed by atoms with Gasteiger partial charge in [-0.05, 0) is 24.2 Å². The summed E-state index contributed by atoms with van der Waals surface area (Å²) < 4.78 is 15.4. The van der Waals surface area contributed by atoms with Gasteiger partial charge in [0.05, 0.1) is 12.0 Å². The zero-order chi connectivity index (χ0) is 16.5. The van der Waals surface area contributed by atoms with Gasteiger partial charge in [0.15, 0.2) is 0 Å². The van der Waals surface area contributed by atoms with Crippen LogP contribution in [0.4, 0.5) is 0 Å². The molecule has 0 amide bonds. The maximum absolute atomic E-state index is 12.6. The number of carbonyl (C=O) groups is 1. The topological polar surface area (TPSA) is 65.0 Å². The summed E-state index contributed by atoms with van der Waals surface area (Å²) in [7, 11) is 0. The van der Waals surface area contributed by atoms with E-state index in [0.717, 1.165) is 6.42 Å². The molecule has 5 heteroatoms. The third kappa shape index (κ3) is 4.94. The second-order valence-electron chi connectivity index (χ2n) is 8.32. The molecule has 0 aliphatic carbocycles. The van der Waals surface area contributed by atoms with Crippen molar-refractivity contribution in [3.05, 3.63) is 0 Å². The number of aliphatic hydroxyl groups is 1. The van der Waals surface area contributed by atoms with Crippen molar-refractivity contribution < 1.29 is 24.1 Å². The molecule has 0 aromatic rings. The maximum Gasteiger partial charge on any atom is 0.312 e. The van der Waals surface area contributed by atoms with Crippen LogP contribution in [0.2, 0.25) is 0 Å². The van der Waals surface area contributed by atoms with Crippen LogP contribution in [0.3, 0.4) is 0 Å². The van der Waals surface area contributed by atoms with E-state index in [9.17, 15) is 4.79 Å². The minimum atomic E-state index is -1.21. The molecule has 3 unspecified atom stereocenters. The van der Waals surface area contributed by atoms with Crippen LogP contribution in [0.25, 0.3) is 0 Å². The number of esters is 1. The van der Waals surface area contributed by atoms with E-state index in [-0.39, 0.29) is 30.0 Å². The highest BCUT2D eigenvalue weighted by molar-refractivity contribution is 5.77. The average Bonchev–Trinajstić information content (AvgIpc) is 2.68. The standard InChI is InChI=1S/C16H30O5/c1-14(2,3)10-16(7,15(4,5)6)12(17)19-8-11-9-20-13(18)21-11/h11,13,18H,8-10H2,1-7H3. The summed E-state index contributed by atoms with van der Waals surface area (Å²) in [5, 5.41) is 9.12. The van der Waals surface area contributed by atoms with Crippen molar-refractivity contribution in [2.24, 2.45) is 16.2 Å². The number of rotatable bonds is 4. The van der Waals surface area contributed by atoms with Gasteiger partial charge in [-0.1, -0.05) is 41.5 Å². The smallest absolute Gasteiger partial charge is 0.312 e. The summed E-state index contributed by atoms with van der Waals surface area (Å²) in [5.74, 6) is -0.227. The van der Waals surface area contributed by atoms with Crippen LogP contribution in [0.5, 0.6) is 0 Å². The summed E-state index contributed by atoms with van der Waals surface area (Å²) in [6.07, 6.45) is 0.329. The zero-order valence-electron chi connectivity index (χ0n) is 14.4. The minimum Gasteiger partial charge on any atom is -0.462 e. The summed E-state index contributed by atoms with van der Waals surface area (Å²) >= 11 is 0. The number of hydrogen-bond donors (Lipinski definition) is 1. The molecule has 3 atom stereocenters. The average molecular weight is 302 g/mol. The zero-order valence-corrected chi connectivity index (χ0v) is 14.4. The SMILES string of the molecule is CC(C)(C)CC(C)(C(=O)OCC1COC(O)O1)C(C)(C)C. The molecule has 124 valence electrons. The fourth-order valence-electron chi connectivity index (χ4n) is 2.55. The van der Waals surface area contributed by atoms with E-state index in [1.807, 2.05) is 6.92 Å².